The average molecular weight is 433 g/mol. The van der Waals surface area contributed by atoms with Crippen molar-refractivity contribution in [2.24, 2.45) is 0 Å². The minimum absolute atomic E-state index is 0.172. The smallest absolute Gasteiger partial charge is 0.255 e. The predicted octanol–water partition coefficient (Wildman–Crippen LogP) is 5.00. The highest BCUT2D eigenvalue weighted by Gasteiger charge is 2.27. The van der Waals surface area contributed by atoms with E-state index in [1.165, 1.54) is 37.1 Å². The fourth-order valence-corrected chi connectivity index (χ4v) is 4.69. The van der Waals surface area contributed by atoms with E-state index in [9.17, 15) is 13.2 Å². The molecule has 5 nitrogen and oxygen atoms in total. The van der Waals surface area contributed by atoms with E-state index in [0.29, 0.717) is 22.2 Å². The van der Waals surface area contributed by atoms with Crippen LogP contribution < -0.4 is 5.32 Å². The van der Waals surface area contributed by atoms with Gasteiger partial charge in [0.1, 0.15) is 0 Å². The molecule has 144 valence electrons. The maximum Gasteiger partial charge on any atom is 0.255 e. The lowest BCUT2D eigenvalue weighted by Gasteiger charge is -2.08. The van der Waals surface area contributed by atoms with Crippen LogP contribution >= 0.6 is 22.9 Å². The highest BCUT2D eigenvalue weighted by Crippen LogP contribution is 2.43. The molecule has 0 spiro atoms. The summed E-state index contributed by atoms with van der Waals surface area (Å²) < 4.78 is 23.0. The summed E-state index contributed by atoms with van der Waals surface area (Å²) in [6, 6.07) is 11.1. The molecule has 0 saturated heterocycles. The Morgan fingerprint density at radius 1 is 1.18 bits per heavy atom. The molecule has 3 aromatic rings. The average Bonchev–Trinajstić information content (AvgIpc) is 3.39. The van der Waals surface area contributed by atoms with Crippen LogP contribution in [-0.2, 0) is 9.84 Å². The van der Waals surface area contributed by atoms with Crippen molar-refractivity contribution >= 4 is 44.4 Å². The van der Waals surface area contributed by atoms with Crippen molar-refractivity contribution in [2.45, 2.75) is 23.7 Å². The number of amides is 1. The SMILES string of the molecule is CS(=O)(=O)c1ccc(C(=O)Nc2ccc(-c3csc(C4CC4)n3)c(Cl)c2)cc1. The molecule has 1 N–H and O–H groups in total. The van der Waals surface area contributed by atoms with Gasteiger partial charge in [-0.1, -0.05) is 11.6 Å². The van der Waals surface area contributed by atoms with Crippen molar-refractivity contribution in [1.82, 2.24) is 4.98 Å². The Kier molecular flexibility index (Phi) is 4.99. The Balaban J connectivity index is 1.50. The molecule has 1 amide bonds. The number of benzene rings is 2. The maximum absolute atomic E-state index is 12.4. The zero-order valence-corrected chi connectivity index (χ0v) is 17.4. The van der Waals surface area contributed by atoms with Gasteiger partial charge in [0.2, 0.25) is 0 Å². The second-order valence-corrected chi connectivity index (χ2v) is 10.1. The van der Waals surface area contributed by atoms with Gasteiger partial charge in [-0.15, -0.1) is 11.3 Å². The fraction of sp³-hybridized carbons (Fsp3) is 0.200. The summed E-state index contributed by atoms with van der Waals surface area (Å²) in [5, 5.41) is 6.45. The summed E-state index contributed by atoms with van der Waals surface area (Å²) in [4.78, 5) is 17.3. The third-order valence-electron chi connectivity index (χ3n) is 4.50. The van der Waals surface area contributed by atoms with E-state index < -0.39 is 9.84 Å². The summed E-state index contributed by atoms with van der Waals surface area (Å²) in [5.41, 5.74) is 2.61. The molecule has 0 atom stereocenters. The summed E-state index contributed by atoms with van der Waals surface area (Å²) in [5.74, 6) is 0.263. The van der Waals surface area contributed by atoms with Gasteiger partial charge in [0, 0.05) is 34.4 Å². The Morgan fingerprint density at radius 2 is 1.89 bits per heavy atom. The lowest BCUT2D eigenvalue weighted by Crippen LogP contribution is -2.12. The van der Waals surface area contributed by atoms with Crippen LogP contribution in [0.4, 0.5) is 5.69 Å². The van der Waals surface area contributed by atoms with Gasteiger partial charge in [0.15, 0.2) is 9.84 Å². The number of thiazole rings is 1. The molecule has 0 aliphatic heterocycles. The predicted molar refractivity (Wildman–Crippen MR) is 112 cm³/mol. The van der Waals surface area contributed by atoms with Crippen LogP contribution in [0.1, 0.15) is 34.1 Å². The second kappa shape index (κ2) is 7.31. The molecule has 4 rings (SSSR count). The van der Waals surface area contributed by atoms with Gasteiger partial charge in [-0.05, 0) is 55.3 Å². The van der Waals surface area contributed by atoms with E-state index in [0.717, 1.165) is 22.5 Å². The van der Waals surface area contributed by atoms with Crippen LogP contribution in [0.3, 0.4) is 0 Å². The number of carbonyl (C=O) groups is 1. The molecule has 28 heavy (non-hydrogen) atoms. The van der Waals surface area contributed by atoms with E-state index in [1.807, 2.05) is 11.4 Å². The Hall–Kier alpha value is -2.22. The minimum Gasteiger partial charge on any atom is -0.322 e. The molecule has 2 aromatic carbocycles. The van der Waals surface area contributed by atoms with Crippen molar-refractivity contribution in [3.05, 3.63) is 63.4 Å². The highest BCUT2D eigenvalue weighted by atomic mass is 35.5. The van der Waals surface area contributed by atoms with Gasteiger partial charge < -0.3 is 5.32 Å². The number of carbonyl (C=O) groups excluding carboxylic acids is 1. The number of hydrogen-bond acceptors (Lipinski definition) is 5. The van der Waals surface area contributed by atoms with Crippen LogP contribution in [-0.4, -0.2) is 25.6 Å². The van der Waals surface area contributed by atoms with Gasteiger partial charge >= 0.3 is 0 Å². The van der Waals surface area contributed by atoms with Crippen LogP contribution in [0.15, 0.2) is 52.7 Å². The van der Waals surface area contributed by atoms with Gasteiger partial charge in [0.25, 0.3) is 5.91 Å². The summed E-state index contributed by atoms with van der Waals surface area (Å²) in [7, 11) is -3.30. The quantitative estimate of drug-likeness (QED) is 0.615. The summed E-state index contributed by atoms with van der Waals surface area (Å²) in [6.07, 6.45) is 3.54. The number of rotatable bonds is 5. The van der Waals surface area contributed by atoms with Crippen LogP contribution in [0.2, 0.25) is 5.02 Å². The zero-order chi connectivity index (χ0) is 19.9. The van der Waals surface area contributed by atoms with Crippen molar-refractivity contribution in [3.8, 4) is 11.3 Å². The largest absolute Gasteiger partial charge is 0.322 e. The molecule has 0 unspecified atom stereocenters. The third-order valence-corrected chi connectivity index (χ3v) is 6.94. The molecule has 1 fully saturated rings. The molecular formula is C20H17ClN2O3S2. The first-order valence-electron chi connectivity index (χ1n) is 8.68. The molecule has 1 aliphatic carbocycles. The molecule has 1 aliphatic rings. The van der Waals surface area contributed by atoms with Crippen molar-refractivity contribution < 1.29 is 13.2 Å². The minimum atomic E-state index is -3.30. The monoisotopic (exact) mass is 432 g/mol. The number of nitrogens with one attached hydrogen (secondary N) is 1. The van der Waals surface area contributed by atoms with Crippen LogP contribution in [0.5, 0.6) is 0 Å². The first-order valence-corrected chi connectivity index (χ1v) is 11.8. The first-order chi connectivity index (χ1) is 13.3. The van der Waals surface area contributed by atoms with E-state index in [-0.39, 0.29) is 10.8 Å². The number of anilines is 1. The fourth-order valence-electron chi connectivity index (χ4n) is 2.79. The number of sulfone groups is 1. The standard InChI is InChI=1S/C20H17ClN2O3S2/c1-28(25,26)15-7-4-12(5-8-15)19(24)22-14-6-9-16(17(21)10-14)18-11-27-20(23-18)13-2-3-13/h4-11,13H,2-3H2,1H3,(H,22,24). The Labute approximate surface area is 172 Å². The van der Waals surface area contributed by atoms with E-state index in [2.05, 4.69) is 10.3 Å². The van der Waals surface area contributed by atoms with E-state index in [1.54, 1.807) is 23.5 Å². The number of halogens is 1. The molecule has 1 aromatic heterocycles. The van der Waals surface area contributed by atoms with Gasteiger partial charge in [-0.2, -0.15) is 0 Å². The normalized spacial score (nSPS) is 14.1. The molecule has 1 saturated carbocycles. The third kappa shape index (κ3) is 4.11. The van der Waals surface area contributed by atoms with Gasteiger partial charge in [-0.3, -0.25) is 4.79 Å². The lowest BCUT2D eigenvalue weighted by atomic mass is 10.1. The molecule has 0 radical (unpaired) electrons. The Morgan fingerprint density at radius 3 is 2.50 bits per heavy atom. The van der Waals surface area contributed by atoms with E-state index in [4.69, 9.17) is 11.6 Å². The van der Waals surface area contributed by atoms with Gasteiger partial charge in [-0.25, -0.2) is 13.4 Å². The number of aromatic nitrogens is 1. The zero-order valence-electron chi connectivity index (χ0n) is 15.0. The number of hydrogen-bond donors (Lipinski definition) is 1. The molecular weight excluding hydrogens is 416 g/mol. The van der Waals surface area contributed by atoms with Crippen molar-refractivity contribution in [1.29, 1.82) is 0 Å². The van der Waals surface area contributed by atoms with Gasteiger partial charge in [0.05, 0.1) is 20.6 Å². The van der Waals surface area contributed by atoms with Crippen LogP contribution in [0.25, 0.3) is 11.3 Å². The topological polar surface area (TPSA) is 76.1 Å². The molecule has 0 bridgehead atoms. The molecule has 8 heteroatoms. The second-order valence-electron chi connectivity index (χ2n) is 6.79. The van der Waals surface area contributed by atoms with Crippen molar-refractivity contribution in [2.75, 3.05) is 11.6 Å². The lowest BCUT2D eigenvalue weighted by molar-refractivity contribution is 0.102. The number of nitrogens with zero attached hydrogens (tertiary/aromatic N) is 1. The Bertz CT molecular complexity index is 1150. The van der Waals surface area contributed by atoms with Crippen LogP contribution in [0, 0.1) is 0 Å². The summed E-state index contributed by atoms with van der Waals surface area (Å²) in [6.45, 7) is 0. The first kappa shape index (κ1) is 19.1. The highest BCUT2D eigenvalue weighted by molar-refractivity contribution is 7.90. The molecule has 1 heterocycles. The summed E-state index contributed by atoms with van der Waals surface area (Å²) >= 11 is 8.07. The van der Waals surface area contributed by atoms with Crippen molar-refractivity contribution in [3.63, 3.8) is 0 Å². The maximum atomic E-state index is 12.4. The van der Waals surface area contributed by atoms with E-state index >= 15 is 0 Å².